The smallest absolute Gasteiger partial charge is 0.0701 e. The SMILES string of the molecule is C=C/C=C(\C=C)C(c1ccccc1)(c1ccccc1)c1ccccc1.CC.CC.CC. The molecule has 0 fully saturated rings. The predicted octanol–water partition coefficient (Wildman–Crippen LogP) is 9.40. The molecule has 0 aliphatic rings. The Hall–Kier alpha value is -3.12. The van der Waals surface area contributed by atoms with E-state index in [1.165, 1.54) is 16.7 Å². The summed E-state index contributed by atoms with van der Waals surface area (Å²) in [5, 5.41) is 0. The van der Waals surface area contributed by atoms with Gasteiger partial charge in [0.1, 0.15) is 0 Å². The Balaban J connectivity index is 0.00000138. The van der Waals surface area contributed by atoms with Crippen LogP contribution in [0.15, 0.2) is 128 Å². The summed E-state index contributed by atoms with van der Waals surface area (Å²) >= 11 is 0. The van der Waals surface area contributed by atoms with Gasteiger partial charge in [-0.25, -0.2) is 0 Å². The molecule has 0 radical (unpaired) electrons. The maximum absolute atomic E-state index is 4.11. The molecule has 164 valence electrons. The lowest BCUT2D eigenvalue weighted by Gasteiger charge is -2.37. The third-order valence-corrected chi connectivity index (χ3v) is 4.57. The van der Waals surface area contributed by atoms with Crippen molar-refractivity contribution in [3.63, 3.8) is 0 Å². The number of hydrogen-bond donors (Lipinski definition) is 0. The molecule has 0 nitrogen and oxygen atoms in total. The molecule has 0 N–H and O–H groups in total. The Bertz CT molecular complexity index is 759. The fourth-order valence-corrected chi connectivity index (χ4v) is 3.54. The minimum absolute atomic E-state index is 0.431. The van der Waals surface area contributed by atoms with Crippen molar-refractivity contribution < 1.29 is 0 Å². The average molecular weight is 413 g/mol. The second kappa shape index (κ2) is 16.7. The minimum atomic E-state index is -0.431. The molecule has 0 aliphatic carbocycles. The zero-order chi connectivity index (χ0) is 23.5. The molecule has 0 saturated carbocycles. The average Bonchev–Trinajstić information content (AvgIpc) is 2.89. The topological polar surface area (TPSA) is 0 Å². The summed E-state index contributed by atoms with van der Waals surface area (Å²) in [6.07, 6.45) is 5.83. The van der Waals surface area contributed by atoms with Crippen LogP contribution in [-0.4, -0.2) is 0 Å². The Morgan fingerprint density at radius 1 is 0.548 bits per heavy atom. The first-order chi connectivity index (χ1) is 15.3. The largest absolute Gasteiger partial charge is 0.0991 e. The maximum Gasteiger partial charge on any atom is 0.0701 e. The quantitative estimate of drug-likeness (QED) is 0.279. The first kappa shape index (κ1) is 27.9. The van der Waals surface area contributed by atoms with Crippen molar-refractivity contribution in [2.24, 2.45) is 0 Å². The predicted molar refractivity (Wildman–Crippen MR) is 142 cm³/mol. The van der Waals surface area contributed by atoms with Crippen LogP contribution in [0, 0.1) is 0 Å². The molecule has 0 heteroatoms. The van der Waals surface area contributed by atoms with E-state index in [-0.39, 0.29) is 0 Å². The molecular formula is C31H40. The molecule has 0 aromatic heterocycles. The third kappa shape index (κ3) is 6.69. The van der Waals surface area contributed by atoms with Gasteiger partial charge in [-0.05, 0) is 22.3 Å². The maximum atomic E-state index is 4.11. The van der Waals surface area contributed by atoms with E-state index >= 15 is 0 Å². The van der Waals surface area contributed by atoms with Crippen molar-refractivity contribution in [2.75, 3.05) is 0 Å². The van der Waals surface area contributed by atoms with Gasteiger partial charge in [0.25, 0.3) is 0 Å². The molecule has 0 unspecified atom stereocenters. The van der Waals surface area contributed by atoms with Crippen LogP contribution in [0.25, 0.3) is 0 Å². The van der Waals surface area contributed by atoms with E-state index in [4.69, 9.17) is 0 Å². The molecule has 0 aliphatic heterocycles. The van der Waals surface area contributed by atoms with Crippen LogP contribution in [0.2, 0.25) is 0 Å². The van der Waals surface area contributed by atoms with Crippen molar-refractivity contribution in [2.45, 2.75) is 47.0 Å². The number of allylic oxidation sites excluding steroid dienone is 4. The van der Waals surface area contributed by atoms with E-state index in [0.717, 1.165) is 5.57 Å². The van der Waals surface area contributed by atoms with Crippen molar-refractivity contribution in [3.8, 4) is 0 Å². The van der Waals surface area contributed by atoms with Gasteiger partial charge in [-0.2, -0.15) is 0 Å². The van der Waals surface area contributed by atoms with Gasteiger partial charge in [0.05, 0.1) is 5.41 Å². The molecule has 3 rings (SSSR count). The Labute approximate surface area is 191 Å². The summed E-state index contributed by atoms with van der Waals surface area (Å²) in [6.45, 7) is 20.0. The van der Waals surface area contributed by atoms with E-state index in [9.17, 15) is 0 Å². The van der Waals surface area contributed by atoms with E-state index < -0.39 is 5.41 Å². The second-order valence-electron chi connectivity index (χ2n) is 5.91. The molecule has 0 spiro atoms. The van der Waals surface area contributed by atoms with Crippen molar-refractivity contribution in [1.82, 2.24) is 0 Å². The highest BCUT2D eigenvalue weighted by molar-refractivity contribution is 5.61. The van der Waals surface area contributed by atoms with Crippen molar-refractivity contribution in [3.05, 3.63) is 145 Å². The summed E-state index contributed by atoms with van der Waals surface area (Å²) in [4.78, 5) is 0. The zero-order valence-electron chi connectivity index (χ0n) is 20.3. The normalized spacial score (nSPS) is 10.1. The summed E-state index contributed by atoms with van der Waals surface area (Å²) in [6, 6.07) is 31.8. The van der Waals surface area contributed by atoms with E-state index in [2.05, 4.69) is 110 Å². The highest BCUT2D eigenvalue weighted by atomic mass is 14.4. The molecule has 31 heavy (non-hydrogen) atoms. The Morgan fingerprint density at radius 3 is 1.06 bits per heavy atom. The first-order valence-corrected chi connectivity index (χ1v) is 11.5. The van der Waals surface area contributed by atoms with Crippen LogP contribution < -0.4 is 0 Å². The fraction of sp³-hybridized carbons (Fsp3) is 0.226. The van der Waals surface area contributed by atoms with Gasteiger partial charge in [0.2, 0.25) is 0 Å². The zero-order valence-corrected chi connectivity index (χ0v) is 20.3. The van der Waals surface area contributed by atoms with Gasteiger partial charge >= 0.3 is 0 Å². The van der Waals surface area contributed by atoms with Crippen molar-refractivity contribution in [1.29, 1.82) is 0 Å². The number of rotatable bonds is 6. The molecule has 0 heterocycles. The first-order valence-electron chi connectivity index (χ1n) is 11.5. The van der Waals surface area contributed by atoms with Crippen molar-refractivity contribution >= 4 is 0 Å². The standard InChI is InChI=1S/C25H22.3C2H6/c1-3-14-21(4-2)25(22-15-8-5-9-16-22,23-17-10-6-11-18-23)24-19-12-7-13-20-24;3*1-2/h3-20H,1-2H2;3*1-2H3/b21-14+;;;. The van der Waals surface area contributed by atoms with E-state index in [1.807, 2.05) is 53.7 Å². The van der Waals surface area contributed by atoms with Crippen LogP contribution >= 0.6 is 0 Å². The summed E-state index contributed by atoms with van der Waals surface area (Å²) in [7, 11) is 0. The van der Waals surface area contributed by atoms with Crippen LogP contribution in [0.1, 0.15) is 58.2 Å². The van der Waals surface area contributed by atoms with Crippen LogP contribution in [0.3, 0.4) is 0 Å². The monoisotopic (exact) mass is 412 g/mol. The van der Waals surface area contributed by atoms with Gasteiger partial charge in [-0.15, -0.1) is 0 Å². The lowest BCUT2D eigenvalue weighted by Crippen LogP contribution is -2.31. The van der Waals surface area contributed by atoms with Gasteiger partial charge in [0.15, 0.2) is 0 Å². The van der Waals surface area contributed by atoms with E-state index in [1.54, 1.807) is 0 Å². The molecule has 0 atom stereocenters. The van der Waals surface area contributed by atoms with Gasteiger partial charge in [-0.3, -0.25) is 0 Å². The molecule has 3 aromatic rings. The lowest BCUT2D eigenvalue weighted by molar-refractivity contribution is 0.744. The molecule has 0 bridgehead atoms. The minimum Gasteiger partial charge on any atom is -0.0991 e. The van der Waals surface area contributed by atoms with Crippen LogP contribution in [0.5, 0.6) is 0 Å². The molecular weight excluding hydrogens is 372 g/mol. The third-order valence-electron chi connectivity index (χ3n) is 4.57. The number of hydrogen-bond acceptors (Lipinski definition) is 0. The van der Waals surface area contributed by atoms with E-state index in [0.29, 0.717) is 0 Å². The highest BCUT2D eigenvalue weighted by Crippen LogP contribution is 2.45. The summed E-state index contributed by atoms with van der Waals surface area (Å²) < 4.78 is 0. The van der Waals surface area contributed by atoms with Gasteiger partial charge in [0, 0.05) is 0 Å². The molecule has 0 amide bonds. The second-order valence-corrected chi connectivity index (χ2v) is 5.91. The fourth-order valence-electron chi connectivity index (χ4n) is 3.54. The Kier molecular flexibility index (Phi) is 15.0. The highest BCUT2D eigenvalue weighted by Gasteiger charge is 2.38. The molecule has 3 aromatic carbocycles. The van der Waals surface area contributed by atoms with Crippen LogP contribution in [-0.2, 0) is 5.41 Å². The lowest BCUT2D eigenvalue weighted by atomic mass is 9.64. The Morgan fingerprint density at radius 2 is 0.839 bits per heavy atom. The summed E-state index contributed by atoms with van der Waals surface area (Å²) in [5.74, 6) is 0. The molecule has 0 saturated heterocycles. The number of benzene rings is 3. The van der Waals surface area contributed by atoms with Gasteiger partial charge in [-0.1, -0.05) is 164 Å². The summed E-state index contributed by atoms with van der Waals surface area (Å²) in [5.41, 5.74) is 4.30. The van der Waals surface area contributed by atoms with Crippen LogP contribution in [0.4, 0.5) is 0 Å². The van der Waals surface area contributed by atoms with Gasteiger partial charge < -0.3 is 0 Å².